The van der Waals surface area contributed by atoms with E-state index in [0.717, 1.165) is 10.5 Å². The molecule has 2 aromatic carbocycles. The zero-order valence-electron chi connectivity index (χ0n) is 14.8. The summed E-state index contributed by atoms with van der Waals surface area (Å²) >= 11 is 1.49. The number of hydrogen-bond donors (Lipinski definition) is 1. The van der Waals surface area contributed by atoms with E-state index in [1.807, 2.05) is 73.7 Å². The van der Waals surface area contributed by atoms with Gasteiger partial charge in [-0.2, -0.15) is 5.26 Å². The SMILES string of the molecule is Cc1ccc(Sc2ccc(C=C(C#N)C(=O)NCc3ccccc3)o2)cc1. The van der Waals surface area contributed by atoms with Crippen molar-refractivity contribution >= 4 is 23.7 Å². The summed E-state index contributed by atoms with van der Waals surface area (Å²) in [6.07, 6.45) is 1.46. The van der Waals surface area contributed by atoms with Gasteiger partial charge in [-0.25, -0.2) is 0 Å². The topological polar surface area (TPSA) is 66.0 Å². The van der Waals surface area contributed by atoms with Crippen LogP contribution in [-0.4, -0.2) is 5.91 Å². The highest BCUT2D eigenvalue weighted by Crippen LogP contribution is 2.30. The van der Waals surface area contributed by atoms with Crippen molar-refractivity contribution in [3.63, 3.8) is 0 Å². The highest BCUT2D eigenvalue weighted by atomic mass is 32.2. The number of aryl methyl sites for hydroxylation is 1. The maximum Gasteiger partial charge on any atom is 0.262 e. The van der Waals surface area contributed by atoms with Crippen LogP contribution in [-0.2, 0) is 11.3 Å². The summed E-state index contributed by atoms with van der Waals surface area (Å²) in [7, 11) is 0. The molecule has 0 unspecified atom stereocenters. The summed E-state index contributed by atoms with van der Waals surface area (Å²) in [6.45, 7) is 2.40. The fourth-order valence-electron chi connectivity index (χ4n) is 2.35. The van der Waals surface area contributed by atoms with E-state index >= 15 is 0 Å². The van der Waals surface area contributed by atoms with E-state index in [1.165, 1.54) is 23.4 Å². The van der Waals surface area contributed by atoms with Crippen molar-refractivity contribution in [3.8, 4) is 6.07 Å². The van der Waals surface area contributed by atoms with Gasteiger partial charge in [0.15, 0.2) is 5.09 Å². The first-order chi connectivity index (χ1) is 13.1. The summed E-state index contributed by atoms with van der Waals surface area (Å²) in [5, 5.41) is 12.7. The van der Waals surface area contributed by atoms with E-state index in [9.17, 15) is 10.1 Å². The highest BCUT2D eigenvalue weighted by molar-refractivity contribution is 7.99. The minimum absolute atomic E-state index is 0.00664. The van der Waals surface area contributed by atoms with Gasteiger partial charge in [-0.05, 0) is 36.8 Å². The van der Waals surface area contributed by atoms with E-state index < -0.39 is 5.91 Å². The van der Waals surface area contributed by atoms with Crippen molar-refractivity contribution in [3.05, 3.63) is 89.2 Å². The first-order valence-corrected chi connectivity index (χ1v) is 9.24. The lowest BCUT2D eigenvalue weighted by Gasteiger charge is -2.03. The van der Waals surface area contributed by atoms with Gasteiger partial charge in [-0.15, -0.1) is 0 Å². The Morgan fingerprint density at radius 2 is 1.85 bits per heavy atom. The van der Waals surface area contributed by atoms with Crippen LogP contribution < -0.4 is 5.32 Å². The molecule has 0 saturated heterocycles. The molecule has 27 heavy (non-hydrogen) atoms. The van der Waals surface area contributed by atoms with Crippen molar-refractivity contribution in [1.82, 2.24) is 5.32 Å². The first kappa shape index (κ1) is 18.6. The second-order valence-electron chi connectivity index (χ2n) is 5.91. The molecule has 0 aliphatic heterocycles. The van der Waals surface area contributed by atoms with Gasteiger partial charge in [0, 0.05) is 17.5 Å². The molecule has 134 valence electrons. The van der Waals surface area contributed by atoms with Crippen LogP contribution in [0.15, 0.2) is 86.7 Å². The fourth-order valence-corrected chi connectivity index (χ4v) is 3.13. The Bertz CT molecular complexity index is 983. The maximum absolute atomic E-state index is 12.2. The molecule has 0 fully saturated rings. The summed E-state index contributed by atoms with van der Waals surface area (Å²) in [5.41, 5.74) is 2.17. The van der Waals surface area contributed by atoms with Crippen molar-refractivity contribution in [2.75, 3.05) is 0 Å². The number of nitriles is 1. The van der Waals surface area contributed by atoms with Crippen LogP contribution in [0.25, 0.3) is 6.08 Å². The molecule has 0 spiro atoms. The first-order valence-electron chi connectivity index (χ1n) is 8.42. The maximum atomic E-state index is 12.2. The average Bonchev–Trinajstić information content (AvgIpc) is 3.14. The highest BCUT2D eigenvalue weighted by Gasteiger charge is 2.11. The number of carbonyl (C=O) groups excluding carboxylic acids is 1. The number of furan rings is 1. The van der Waals surface area contributed by atoms with Gasteiger partial charge >= 0.3 is 0 Å². The van der Waals surface area contributed by atoms with Gasteiger partial charge < -0.3 is 9.73 Å². The molecular formula is C22H18N2O2S. The Morgan fingerprint density at radius 1 is 1.11 bits per heavy atom. The molecular weight excluding hydrogens is 356 g/mol. The number of benzene rings is 2. The third-order valence-electron chi connectivity index (χ3n) is 3.79. The molecule has 0 bridgehead atoms. The number of nitrogens with one attached hydrogen (secondary N) is 1. The number of amides is 1. The van der Waals surface area contributed by atoms with Gasteiger partial charge in [0.25, 0.3) is 5.91 Å². The van der Waals surface area contributed by atoms with Crippen molar-refractivity contribution in [2.24, 2.45) is 0 Å². The third-order valence-corrected chi connectivity index (χ3v) is 4.72. The van der Waals surface area contributed by atoms with Crippen molar-refractivity contribution in [2.45, 2.75) is 23.5 Å². The quantitative estimate of drug-likeness (QED) is 0.489. The smallest absolute Gasteiger partial charge is 0.262 e. The summed E-state index contributed by atoms with van der Waals surface area (Å²) < 4.78 is 5.72. The van der Waals surface area contributed by atoms with Crippen LogP contribution in [0.5, 0.6) is 0 Å². The predicted octanol–water partition coefficient (Wildman–Crippen LogP) is 4.96. The van der Waals surface area contributed by atoms with Crippen molar-refractivity contribution in [1.29, 1.82) is 5.26 Å². The molecule has 0 radical (unpaired) electrons. The van der Waals surface area contributed by atoms with Crippen LogP contribution >= 0.6 is 11.8 Å². The van der Waals surface area contributed by atoms with Crippen LogP contribution in [0.4, 0.5) is 0 Å². The summed E-state index contributed by atoms with van der Waals surface area (Å²) in [4.78, 5) is 13.3. The molecule has 0 saturated carbocycles. The molecule has 3 rings (SSSR count). The normalized spacial score (nSPS) is 11.0. The number of rotatable bonds is 6. The van der Waals surface area contributed by atoms with Gasteiger partial charge in [0.05, 0.1) is 0 Å². The largest absolute Gasteiger partial charge is 0.450 e. The van der Waals surface area contributed by atoms with Crippen LogP contribution in [0.3, 0.4) is 0 Å². The Morgan fingerprint density at radius 3 is 2.56 bits per heavy atom. The molecule has 0 atom stereocenters. The molecule has 1 N–H and O–H groups in total. The molecule has 5 heteroatoms. The molecule has 0 aliphatic rings. The summed E-state index contributed by atoms with van der Waals surface area (Å²) in [6, 6.07) is 23.2. The van der Waals surface area contributed by atoms with Crippen molar-refractivity contribution < 1.29 is 9.21 Å². The summed E-state index contributed by atoms with van der Waals surface area (Å²) in [5.74, 6) is 0.0431. The van der Waals surface area contributed by atoms with Gasteiger partial charge in [0.1, 0.15) is 17.4 Å². The third kappa shape index (κ3) is 5.37. The van der Waals surface area contributed by atoms with E-state index in [1.54, 1.807) is 6.07 Å². The molecule has 4 nitrogen and oxygen atoms in total. The van der Waals surface area contributed by atoms with Gasteiger partial charge in [-0.3, -0.25) is 4.79 Å². The zero-order chi connectivity index (χ0) is 19.1. The molecule has 1 aromatic heterocycles. The van der Waals surface area contributed by atoms with Crippen LogP contribution in [0, 0.1) is 18.3 Å². The lowest BCUT2D eigenvalue weighted by atomic mass is 10.2. The fraction of sp³-hybridized carbons (Fsp3) is 0.0909. The molecule has 1 heterocycles. The standard InChI is InChI=1S/C22H18N2O2S/c1-16-7-10-20(11-8-16)27-21-12-9-19(26-21)13-18(14-23)22(25)24-15-17-5-3-2-4-6-17/h2-13H,15H2,1H3,(H,24,25). The lowest BCUT2D eigenvalue weighted by molar-refractivity contribution is -0.117. The van der Waals surface area contributed by atoms with Crippen LogP contribution in [0.1, 0.15) is 16.9 Å². The number of nitrogens with zero attached hydrogens (tertiary/aromatic N) is 1. The Hall–Kier alpha value is -3.23. The van der Waals surface area contributed by atoms with E-state index in [-0.39, 0.29) is 5.57 Å². The second-order valence-corrected chi connectivity index (χ2v) is 6.99. The Kier molecular flexibility index (Phi) is 6.14. The second kappa shape index (κ2) is 8.93. The van der Waals surface area contributed by atoms with Gasteiger partial charge in [0.2, 0.25) is 0 Å². The predicted molar refractivity (Wildman–Crippen MR) is 106 cm³/mol. The zero-order valence-corrected chi connectivity index (χ0v) is 15.6. The number of carbonyl (C=O) groups is 1. The molecule has 0 aliphatic carbocycles. The van der Waals surface area contributed by atoms with Crippen LogP contribution in [0.2, 0.25) is 0 Å². The average molecular weight is 374 g/mol. The minimum Gasteiger partial charge on any atom is -0.450 e. The molecule has 1 amide bonds. The minimum atomic E-state index is -0.425. The monoisotopic (exact) mass is 374 g/mol. The molecule has 3 aromatic rings. The Labute approximate surface area is 162 Å². The van der Waals surface area contributed by atoms with E-state index in [4.69, 9.17) is 4.42 Å². The number of hydrogen-bond acceptors (Lipinski definition) is 4. The van der Waals surface area contributed by atoms with E-state index in [2.05, 4.69) is 5.32 Å². The lowest BCUT2D eigenvalue weighted by Crippen LogP contribution is -2.23. The van der Waals surface area contributed by atoms with E-state index in [0.29, 0.717) is 17.4 Å². The van der Waals surface area contributed by atoms with Gasteiger partial charge in [-0.1, -0.05) is 59.8 Å². The Balaban J connectivity index is 1.65.